The van der Waals surface area contributed by atoms with Crippen molar-refractivity contribution in [3.8, 4) is 11.5 Å². The molecule has 4 saturated heterocycles. The third-order valence-electron chi connectivity index (χ3n) is 12.1. The molecule has 2 aromatic rings. The number of carbonyl (C=O) groups excluding carboxylic acids is 1. The molecule has 3 aliphatic carbocycles. The third-order valence-corrected chi connectivity index (χ3v) is 12.1. The SMILES string of the molecule is O=C([C@H]1CCCN1Cc1ncccn1)N1CC[C@@]23CC[C@@H]1[C@@H]1Oc4c(O)ccc5c4[C@@]12CCN(CC1CC1)[C@@H]3C5. The van der Waals surface area contributed by atoms with Crippen molar-refractivity contribution in [2.75, 3.05) is 26.2 Å². The number of phenolic OH excluding ortho intramolecular Hbond substituents is 1. The molecule has 1 aromatic heterocycles. The summed E-state index contributed by atoms with van der Waals surface area (Å²) in [7, 11) is 0. The molecule has 6 fully saturated rings. The van der Waals surface area contributed by atoms with E-state index >= 15 is 0 Å². The van der Waals surface area contributed by atoms with Crippen molar-refractivity contribution in [3.05, 3.63) is 47.5 Å². The van der Waals surface area contributed by atoms with Crippen molar-refractivity contribution >= 4 is 5.91 Å². The highest BCUT2D eigenvalue weighted by Crippen LogP contribution is 2.71. The highest BCUT2D eigenvalue weighted by atomic mass is 16.5. The number of carbonyl (C=O) groups is 1. The van der Waals surface area contributed by atoms with Gasteiger partial charge in [-0.2, -0.15) is 0 Å². The summed E-state index contributed by atoms with van der Waals surface area (Å²) in [5, 5.41) is 11.0. The van der Waals surface area contributed by atoms with Gasteiger partial charge in [-0.15, -0.1) is 0 Å². The van der Waals surface area contributed by atoms with Crippen LogP contribution < -0.4 is 4.74 Å². The Morgan fingerprint density at radius 2 is 1.90 bits per heavy atom. The molecule has 1 aromatic carbocycles. The standard InChI is InChI=1S/C32H39N5O3/c38-24-7-6-21-17-25-31-9-8-22(29-32(31,27(21)28(24)40-29)11-15-36(25)18-20-4-5-20)37(16-10-31)30(39)23-3-1-14-35(23)19-26-33-12-2-13-34-26/h2,6-7,12-13,20,22-23,25,29,38H,1,3-5,8-11,14-19H2/t22-,23-,25-,29+,31-,32+/m1/s1. The fourth-order valence-electron chi connectivity index (χ4n) is 10.3. The van der Waals surface area contributed by atoms with Crippen LogP contribution >= 0.6 is 0 Å². The number of rotatable bonds is 5. The Hall–Kier alpha value is -2.71. The van der Waals surface area contributed by atoms with E-state index in [1.54, 1.807) is 12.4 Å². The lowest BCUT2D eigenvalue weighted by molar-refractivity contribution is -0.147. The Kier molecular flexibility index (Phi) is 5.04. The average Bonchev–Trinajstić information content (AvgIpc) is 3.63. The van der Waals surface area contributed by atoms with E-state index in [2.05, 4.69) is 30.7 Å². The number of benzene rings is 1. The quantitative estimate of drug-likeness (QED) is 0.622. The van der Waals surface area contributed by atoms with Crippen LogP contribution in [0.25, 0.3) is 0 Å². The summed E-state index contributed by atoms with van der Waals surface area (Å²) < 4.78 is 6.92. The average molecular weight is 542 g/mol. The van der Waals surface area contributed by atoms with Crippen LogP contribution in [0.15, 0.2) is 30.6 Å². The molecular weight excluding hydrogens is 502 g/mol. The van der Waals surface area contributed by atoms with Crippen LogP contribution in [0.3, 0.4) is 0 Å². The maximum Gasteiger partial charge on any atom is 0.240 e. The number of hydrogen-bond acceptors (Lipinski definition) is 7. The van der Waals surface area contributed by atoms with Gasteiger partial charge in [0.15, 0.2) is 11.5 Å². The van der Waals surface area contributed by atoms with Crippen molar-refractivity contribution in [2.45, 2.75) is 94.0 Å². The van der Waals surface area contributed by atoms with Gasteiger partial charge in [0.1, 0.15) is 11.9 Å². The van der Waals surface area contributed by atoms with Gasteiger partial charge in [0.2, 0.25) is 5.91 Å². The van der Waals surface area contributed by atoms with Crippen molar-refractivity contribution in [1.82, 2.24) is 24.7 Å². The number of nitrogens with zero attached hydrogens (tertiary/aromatic N) is 5. The summed E-state index contributed by atoms with van der Waals surface area (Å²) in [6.07, 6.45) is 13.4. The van der Waals surface area contributed by atoms with E-state index < -0.39 is 0 Å². The summed E-state index contributed by atoms with van der Waals surface area (Å²) in [5.41, 5.74) is 2.67. The molecule has 10 rings (SSSR count). The first-order valence-corrected chi connectivity index (χ1v) is 15.7. The lowest BCUT2D eigenvalue weighted by Gasteiger charge is -2.66. The maximum absolute atomic E-state index is 14.5. The van der Waals surface area contributed by atoms with Crippen LogP contribution in [-0.4, -0.2) is 86.1 Å². The molecule has 5 aliphatic heterocycles. The van der Waals surface area contributed by atoms with Crippen molar-refractivity contribution in [2.24, 2.45) is 11.3 Å². The zero-order chi connectivity index (χ0) is 26.6. The molecule has 40 heavy (non-hydrogen) atoms. The topological polar surface area (TPSA) is 82.0 Å². The van der Waals surface area contributed by atoms with Crippen LogP contribution in [0.4, 0.5) is 0 Å². The van der Waals surface area contributed by atoms with Crippen molar-refractivity contribution in [1.29, 1.82) is 0 Å². The highest BCUT2D eigenvalue weighted by Gasteiger charge is 2.74. The number of aromatic hydroxyl groups is 1. The molecule has 1 N–H and O–H groups in total. The van der Waals surface area contributed by atoms with Crippen LogP contribution in [0.5, 0.6) is 11.5 Å². The Morgan fingerprint density at radius 3 is 2.75 bits per heavy atom. The second-order valence-electron chi connectivity index (χ2n) is 13.7. The molecule has 1 amide bonds. The number of ether oxygens (including phenoxy) is 1. The fraction of sp³-hybridized carbons (Fsp3) is 0.656. The number of amides is 1. The van der Waals surface area contributed by atoms with E-state index in [9.17, 15) is 9.90 Å². The lowest BCUT2D eigenvalue weighted by Crippen LogP contribution is -2.73. The number of phenols is 1. The monoisotopic (exact) mass is 541 g/mol. The summed E-state index contributed by atoms with van der Waals surface area (Å²) in [4.78, 5) is 30.8. The smallest absolute Gasteiger partial charge is 0.240 e. The predicted octanol–water partition coefficient (Wildman–Crippen LogP) is 3.27. The first-order valence-electron chi connectivity index (χ1n) is 15.7. The summed E-state index contributed by atoms with van der Waals surface area (Å²) in [6.45, 7) is 4.66. The molecule has 4 bridgehead atoms. The zero-order valence-corrected chi connectivity index (χ0v) is 23.2. The second-order valence-corrected chi connectivity index (χ2v) is 13.7. The number of likely N-dealkylation sites (tertiary alicyclic amines) is 2. The first-order chi connectivity index (χ1) is 19.6. The Balaban J connectivity index is 1.10. The molecule has 8 aliphatic rings. The molecule has 8 nitrogen and oxygen atoms in total. The number of fused-ring (bicyclic) bond motifs is 3. The lowest BCUT2D eigenvalue weighted by atomic mass is 9.42. The number of piperidine rings is 1. The molecule has 2 spiro atoms. The molecule has 8 heteroatoms. The molecule has 210 valence electrons. The Labute approximate surface area is 235 Å². The van der Waals surface area contributed by atoms with E-state index in [4.69, 9.17) is 4.74 Å². The summed E-state index contributed by atoms with van der Waals surface area (Å²) in [6, 6.07) is 6.27. The van der Waals surface area contributed by atoms with Gasteiger partial charge < -0.3 is 14.7 Å². The van der Waals surface area contributed by atoms with E-state index in [-0.39, 0.29) is 40.7 Å². The molecule has 0 radical (unpaired) electrons. The van der Waals surface area contributed by atoms with Crippen LogP contribution in [0.1, 0.15) is 68.3 Å². The van der Waals surface area contributed by atoms with Gasteiger partial charge in [0.25, 0.3) is 0 Å². The molecule has 0 unspecified atom stereocenters. The van der Waals surface area contributed by atoms with E-state index in [1.807, 2.05) is 12.1 Å². The van der Waals surface area contributed by atoms with E-state index in [1.165, 1.54) is 30.5 Å². The van der Waals surface area contributed by atoms with Gasteiger partial charge in [0.05, 0.1) is 18.6 Å². The van der Waals surface area contributed by atoms with Crippen molar-refractivity contribution < 1.29 is 14.6 Å². The highest BCUT2D eigenvalue weighted by molar-refractivity contribution is 5.83. The normalized spacial score (nSPS) is 37.8. The third kappa shape index (κ3) is 3.07. The first kappa shape index (κ1) is 23.9. The summed E-state index contributed by atoms with van der Waals surface area (Å²) >= 11 is 0. The van der Waals surface area contributed by atoms with E-state index in [0.717, 1.165) is 82.1 Å². The van der Waals surface area contributed by atoms with Gasteiger partial charge in [-0.05, 0) is 94.5 Å². The van der Waals surface area contributed by atoms with Gasteiger partial charge >= 0.3 is 0 Å². The Morgan fingerprint density at radius 1 is 1.02 bits per heavy atom. The predicted molar refractivity (Wildman–Crippen MR) is 148 cm³/mol. The van der Waals surface area contributed by atoms with Crippen molar-refractivity contribution in [3.63, 3.8) is 0 Å². The van der Waals surface area contributed by atoms with Gasteiger partial charge in [-0.25, -0.2) is 9.97 Å². The number of aromatic nitrogens is 2. The molecule has 6 atom stereocenters. The van der Waals surface area contributed by atoms with Crippen LogP contribution in [0, 0.1) is 11.3 Å². The largest absolute Gasteiger partial charge is 0.504 e. The summed E-state index contributed by atoms with van der Waals surface area (Å²) in [5.74, 6) is 2.91. The Bertz CT molecular complexity index is 1370. The molecule has 2 saturated carbocycles. The van der Waals surface area contributed by atoms with Crippen LogP contribution in [-0.2, 0) is 23.2 Å². The van der Waals surface area contributed by atoms with Gasteiger partial charge in [-0.3, -0.25) is 14.6 Å². The molecule has 6 heterocycles. The molecular formula is C32H39N5O3. The minimum atomic E-state index is -0.128. The zero-order valence-electron chi connectivity index (χ0n) is 23.2. The van der Waals surface area contributed by atoms with E-state index in [0.29, 0.717) is 12.6 Å². The maximum atomic E-state index is 14.5. The minimum absolute atomic E-state index is 0.0481. The number of hydrogen-bond donors (Lipinski definition) is 1. The van der Waals surface area contributed by atoms with Gasteiger partial charge in [0, 0.05) is 47.9 Å². The van der Waals surface area contributed by atoms with Gasteiger partial charge in [-0.1, -0.05) is 6.07 Å². The minimum Gasteiger partial charge on any atom is -0.504 e. The fourth-order valence-corrected chi connectivity index (χ4v) is 10.3. The second kappa shape index (κ2) is 8.41. The van der Waals surface area contributed by atoms with Crippen LogP contribution in [0.2, 0.25) is 0 Å².